The number of alkyl halides is 2. The van der Waals surface area contributed by atoms with Crippen LogP contribution >= 0.6 is 11.6 Å². The molecule has 2 saturated carbocycles. The second-order valence-corrected chi connectivity index (χ2v) is 11.0. The van der Waals surface area contributed by atoms with E-state index in [4.69, 9.17) is 21.1 Å². The van der Waals surface area contributed by atoms with E-state index in [9.17, 15) is 24.5 Å². The average Bonchev–Trinajstić information content (AvgIpc) is 3.48. The van der Waals surface area contributed by atoms with Gasteiger partial charge in [-0.1, -0.05) is 27.2 Å². The molecule has 8 heteroatoms. The van der Waals surface area contributed by atoms with Crippen LogP contribution in [-0.4, -0.2) is 71.0 Å². The molecule has 32 heavy (non-hydrogen) atoms. The second kappa shape index (κ2) is 8.19. The Morgan fingerprint density at radius 2 is 2.00 bits per heavy atom. The van der Waals surface area contributed by atoms with E-state index >= 15 is 0 Å². The lowest BCUT2D eigenvalue weighted by Crippen LogP contribution is -2.75. The molecular weight excluding hydrogens is 439 g/mol. The first-order chi connectivity index (χ1) is 15.2. The predicted octanol–water partition coefficient (Wildman–Crippen LogP) is 2.61. The molecule has 2 heterocycles. The van der Waals surface area contributed by atoms with Gasteiger partial charge in [0.2, 0.25) is 0 Å². The molecule has 3 fully saturated rings. The molecule has 3 aliphatic carbocycles. The van der Waals surface area contributed by atoms with Gasteiger partial charge in [0.25, 0.3) is 0 Å². The van der Waals surface area contributed by atoms with Crippen molar-refractivity contribution in [3.05, 3.63) is 11.1 Å². The first kappa shape index (κ1) is 24.4. The molecule has 0 bridgehead atoms. The molecule has 10 atom stereocenters. The fourth-order valence-corrected chi connectivity index (χ4v) is 8.79. The predicted molar refractivity (Wildman–Crippen MR) is 117 cm³/mol. The maximum atomic E-state index is 12.5. The maximum Gasteiger partial charge on any atom is 0.334 e. The monoisotopic (exact) mass is 474 g/mol. The summed E-state index contributed by atoms with van der Waals surface area (Å²) in [5, 5.41) is 32.5. The van der Waals surface area contributed by atoms with Crippen LogP contribution in [0.25, 0.3) is 0 Å². The van der Waals surface area contributed by atoms with Gasteiger partial charge in [-0.25, -0.2) is 4.79 Å². The number of esters is 1. The summed E-state index contributed by atoms with van der Waals surface area (Å²) in [6.07, 6.45) is 2.50. The van der Waals surface area contributed by atoms with Crippen LogP contribution in [0.3, 0.4) is 0 Å². The number of hydrogen-bond acceptors (Lipinski definition) is 6. The normalized spacial score (nSPS) is 49.6. The van der Waals surface area contributed by atoms with Crippen molar-refractivity contribution in [2.24, 2.45) is 35.0 Å². The zero-order chi connectivity index (χ0) is 23.6. The maximum absolute atomic E-state index is 12.5. The summed E-state index contributed by atoms with van der Waals surface area (Å²) in [5.41, 5.74) is -0.573. The summed E-state index contributed by atoms with van der Waals surface area (Å²) < 4.78 is 21.4. The van der Waals surface area contributed by atoms with Crippen LogP contribution in [0.5, 0.6) is 0 Å². The van der Waals surface area contributed by atoms with E-state index < -0.39 is 22.5 Å². The number of carbonyl (C=O) groups excluding carboxylic acids is 1. The van der Waals surface area contributed by atoms with Crippen LogP contribution < -0.4 is 0 Å². The number of carbonyl (C=O) groups is 1. The standard InChI is InChI=1S/C23H33ClO6.CH3F/c1-4-12-7-15-14-10-29-20(27)13(14)5-6-21(15,3)23-19(30-23)18(24)17(11(2)8-25)16(9-26)22(12,23)28;1-2/h11-12,15-19,25-26,28H,4-10H2,1-3H3;1H3/t11?,12-,15?,16-,17?,18?,19+,21+,22-,23-;/m1./s1. The molecule has 4 unspecified atom stereocenters. The van der Waals surface area contributed by atoms with Gasteiger partial charge >= 0.3 is 5.97 Å². The highest BCUT2D eigenvalue weighted by molar-refractivity contribution is 6.21. The summed E-state index contributed by atoms with van der Waals surface area (Å²) in [4.78, 5) is 12.2. The van der Waals surface area contributed by atoms with Gasteiger partial charge in [-0.3, -0.25) is 4.39 Å². The molecule has 182 valence electrons. The third kappa shape index (κ3) is 2.69. The number of epoxide rings is 1. The van der Waals surface area contributed by atoms with Gasteiger partial charge in [-0.05, 0) is 48.5 Å². The molecular formula is C24H36ClFO6. The van der Waals surface area contributed by atoms with Crippen molar-refractivity contribution in [2.75, 3.05) is 27.0 Å². The van der Waals surface area contributed by atoms with Crippen molar-refractivity contribution >= 4 is 17.6 Å². The molecule has 5 rings (SSSR count). The van der Waals surface area contributed by atoms with E-state index in [2.05, 4.69) is 13.8 Å². The van der Waals surface area contributed by atoms with Crippen LogP contribution in [0.4, 0.5) is 4.39 Å². The van der Waals surface area contributed by atoms with Gasteiger partial charge in [-0.15, -0.1) is 11.6 Å². The highest BCUT2D eigenvalue weighted by Crippen LogP contribution is 2.76. The van der Waals surface area contributed by atoms with Crippen molar-refractivity contribution in [3.8, 4) is 0 Å². The fraction of sp³-hybridized carbons (Fsp3) is 0.875. The lowest BCUT2D eigenvalue weighted by Gasteiger charge is -2.64. The fourth-order valence-electron chi connectivity index (χ4n) is 8.14. The molecule has 2 aliphatic heterocycles. The van der Waals surface area contributed by atoms with Gasteiger partial charge in [0.05, 0.1) is 12.6 Å². The Balaban J connectivity index is 0.00000119. The summed E-state index contributed by atoms with van der Waals surface area (Å²) in [5.74, 6) is -1.07. The minimum absolute atomic E-state index is 0.0490. The van der Waals surface area contributed by atoms with E-state index in [1.807, 2.05) is 6.92 Å². The quantitative estimate of drug-likeness (QED) is 0.329. The number of hydrogen-bond donors (Lipinski definition) is 3. The highest BCUT2D eigenvalue weighted by Gasteiger charge is 2.87. The van der Waals surface area contributed by atoms with Gasteiger partial charge in [0.1, 0.15) is 23.9 Å². The second-order valence-electron chi connectivity index (χ2n) is 10.5. The van der Waals surface area contributed by atoms with Crippen molar-refractivity contribution in [3.63, 3.8) is 0 Å². The molecule has 0 radical (unpaired) electrons. The summed E-state index contributed by atoms with van der Waals surface area (Å²) >= 11 is 6.97. The number of fused-ring (bicyclic) bond motifs is 2. The topological polar surface area (TPSA) is 99.5 Å². The van der Waals surface area contributed by atoms with Crippen LogP contribution in [0, 0.1) is 35.0 Å². The number of aliphatic hydroxyl groups excluding tert-OH is 2. The molecule has 0 amide bonds. The van der Waals surface area contributed by atoms with Crippen molar-refractivity contribution in [2.45, 2.75) is 69.1 Å². The molecule has 5 aliphatic rings. The molecule has 3 N–H and O–H groups in total. The lowest BCUT2D eigenvalue weighted by molar-refractivity contribution is -0.234. The van der Waals surface area contributed by atoms with Crippen molar-refractivity contribution in [1.29, 1.82) is 0 Å². The lowest BCUT2D eigenvalue weighted by atomic mass is 9.41. The Morgan fingerprint density at radius 1 is 1.31 bits per heavy atom. The smallest absolute Gasteiger partial charge is 0.334 e. The Bertz CT molecular complexity index is 805. The summed E-state index contributed by atoms with van der Waals surface area (Å²) in [7, 11) is 0.500. The Hall–Kier alpha value is -0.730. The van der Waals surface area contributed by atoms with Gasteiger partial charge in [0, 0.05) is 30.1 Å². The molecule has 0 aromatic heterocycles. The van der Waals surface area contributed by atoms with Crippen LogP contribution in [-0.2, 0) is 14.3 Å². The largest absolute Gasteiger partial charge is 0.458 e. The van der Waals surface area contributed by atoms with Gasteiger partial charge in [-0.2, -0.15) is 0 Å². The van der Waals surface area contributed by atoms with Crippen molar-refractivity contribution < 1.29 is 34.0 Å². The van der Waals surface area contributed by atoms with Gasteiger partial charge in [0.15, 0.2) is 0 Å². The highest BCUT2D eigenvalue weighted by atomic mass is 35.5. The SMILES string of the molecule is CC[C@@H]1CC2C3=C(CC[C@]2(C)[C@]24O[C@H]2C(Cl)C(C(C)CO)[C@@H](CO)[C@]14O)C(=O)OC3.CF. The summed E-state index contributed by atoms with van der Waals surface area (Å²) in [6, 6.07) is 0. The minimum Gasteiger partial charge on any atom is -0.458 e. The van der Waals surface area contributed by atoms with E-state index in [0.717, 1.165) is 30.4 Å². The number of halogens is 2. The van der Waals surface area contributed by atoms with Crippen LogP contribution in [0.1, 0.15) is 46.5 Å². The Kier molecular flexibility index (Phi) is 6.24. The van der Waals surface area contributed by atoms with Gasteiger partial charge < -0.3 is 24.8 Å². The Labute approximate surface area is 194 Å². The molecule has 0 aromatic rings. The number of rotatable bonds is 4. The first-order valence-electron chi connectivity index (χ1n) is 11.8. The van der Waals surface area contributed by atoms with Crippen molar-refractivity contribution in [1.82, 2.24) is 0 Å². The Morgan fingerprint density at radius 3 is 2.59 bits per heavy atom. The third-order valence-corrected chi connectivity index (χ3v) is 10.2. The van der Waals surface area contributed by atoms with E-state index in [1.165, 1.54) is 0 Å². The molecule has 1 spiro atoms. The zero-order valence-corrected chi connectivity index (χ0v) is 20.1. The minimum atomic E-state index is -1.23. The third-order valence-electron chi connectivity index (χ3n) is 9.64. The molecule has 0 aromatic carbocycles. The number of aliphatic hydroxyl groups is 3. The van der Waals surface area contributed by atoms with E-state index in [0.29, 0.717) is 20.2 Å². The van der Waals surface area contributed by atoms with E-state index in [1.54, 1.807) is 0 Å². The summed E-state index contributed by atoms with van der Waals surface area (Å²) in [6.45, 7) is 6.26. The zero-order valence-electron chi connectivity index (χ0n) is 19.3. The molecule has 1 saturated heterocycles. The number of cyclic esters (lactones) is 1. The van der Waals surface area contributed by atoms with Crippen LogP contribution in [0.2, 0.25) is 0 Å². The molecule has 6 nitrogen and oxygen atoms in total. The first-order valence-corrected chi connectivity index (χ1v) is 12.2. The average molecular weight is 475 g/mol. The van der Waals surface area contributed by atoms with E-state index in [-0.39, 0.29) is 54.4 Å². The van der Waals surface area contributed by atoms with Crippen LogP contribution in [0.15, 0.2) is 11.1 Å². The number of ether oxygens (including phenoxy) is 2.